The predicted molar refractivity (Wildman–Crippen MR) is 47.7 cm³/mol. The number of amides is 2. The Balaban J connectivity index is 2.37. The Kier molecular flexibility index (Phi) is 1.75. The molecule has 0 spiro atoms. The normalized spacial score (nSPS) is 26.8. The summed E-state index contributed by atoms with van der Waals surface area (Å²) in [6.45, 7) is 3.45. The van der Waals surface area contributed by atoms with Crippen LogP contribution in [-0.2, 0) is 0 Å². The lowest BCUT2D eigenvalue weighted by molar-refractivity contribution is 0.0816. The zero-order chi connectivity index (χ0) is 10.3. The maximum Gasteiger partial charge on any atom is 0.326 e. The fourth-order valence-corrected chi connectivity index (χ4v) is 1.41. The summed E-state index contributed by atoms with van der Waals surface area (Å²) in [5.41, 5.74) is -0.598. The summed E-state index contributed by atoms with van der Waals surface area (Å²) in [4.78, 5) is 12.5. The van der Waals surface area contributed by atoms with Gasteiger partial charge >= 0.3 is 6.03 Å². The lowest BCUT2D eigenvalue weighted by atomic mass is 10.2. The van der Waals surface area contributed by atoms with Crippen LogP contribution in [0, 0.1) is 6.92 Å². The highest BCUT2D eigenvalue weighted by atomic mass is 16.5. The first-order valence-corrected chi connectivity index (χ1v) is 4.24. The van der Waals surface area contributed by atoms with Gasteiger partial charge in [0.25, 0.3) is 0 Å². The second kappa shape index (κ2) is 2.71. The number of β-amino-alcohol motifs (C(OH)–C–C–N with tert-alkyl or cyclic N) is 1. The second-order valence-corrected chi connectivity index (χ2v) is 3.52. The van der Waals surface area contributed by atoms with Crippen molar-refractivity contribution in [2.24, 2.45) is 0 Å². The fraction of sp³-hybridized carbons (Fsp3) is 0.500. The second-order valence-electron chi connectivity index (χ2n) is 3.52. The van der Waals surface area contributed by atoms with E-state index in [1.165, 1.54) is 6.92 Å². The number of aryl methyl sites for hydroxylation is 1. The molecular weight excluding hydrogens is 186 g/mol. The van der Waals surface area contributed by atoms with Crippen LogP contribution in [0.1, 0.15) is 12.6 Å². The minimum absolute atomic E-state index is 0.172. The Morgan fingerprint density at radius 3 is 2.93 bits per heavy atom. The summed E-state index contributed by atoms with van der Waals surface area (Å²) in [7, 11) is 0. The average Bonchev–Trinajstić information content (AvgIpc) is 2.57. The number of anilines is 1. The maximum atomic E-state index is 11.4. The Bertz CT molecular complexity index is 372. The molecule has 2 heterocycles. The summed E-state index contributed by atoms with van der Waals surface area (Å²) < 4.78 is 4.91. The molecule has 1 atom stereocenters. The zero-order valence-corrected chi connectivity index (χ0v) is 7.94. The van der Waals surface area contributed by atoms with Gasteiger partial charge in [-0.05, 0) is 13.8 Å². The van der Waals surface area contributed by atoms with Crippen molar-refractivity contribution in [3.05, 3.63) is 11.8 Å². The average molecular weight is 197 g/mol. The smallest absolute Gasteiger partial charge is 0.326 e. The van der Waals surface area contributed by atoms with Crippen molar-refractivity contribution >= 4 is 11.9 Å². The van der Waals surface area contributed by atoms with Crippen LogP contribution in [-0.4, -0.2) is 28.6 Å². The summed E-state index contributed by atoms with van der Waals surface area (Å²) in [6.07, 6.45) is 0. The molecule has 2 amide bonds. The van der Waals surface area contributed by atoms with E-state index in [0.717, 1.165) is 4.90 Å². The van der Waals surface area contributed by atoms with Gasteiger partial charge in [-0.15, -0.1) is 0 Å². The van der Waals surface area contributed by atoms with E-state index in [1.54, 1.807) is 13.0 Å². The van der Waals surface area contributed by atoms with Crippen LogP contribution in [0.15, 0.2) is 10.6 Å². The third-order valence-corrected chi connectivity index (χ3v) is 2.10. The van der Waals surface area contributed by atoms with Gasteiger partial charge in [-0.2, -0.15) is 0 Å². The van der Waals surface area contributed by atoms with Gasteiger partial charge in [-0.3, -0.25) is 0 Å². The lowest BCUT2D eigenvalue weighted by Gasteiger charge is -2.24. The molecule has 0 aromatic carbocycles. The third-order valence-electron chi connectivity index (χ3n) is 2.10. The van der Waals surface area contributed by atoms with E-state index < -0.39 is 5.72 Å². The van der Waals surface area contributed by atoms with Gasteiger partial charge in [0.2, 0.25) is 5.88 Å². The van der Waals surface area contributed by atoms with Crippen molar-refractivity contribution in [3.63, 3.8) is 0 Å². The van der Waals surface area contributed by atoms with E-state index in [0.29, 0.717) is 5.69 Å². The number of hydrogen-bond acceptors (Lipinski definition) is 4. The minimum Gasteiger partial charge on any atom is -0.369 e. The van der Waals surface area contributed by atoms with Crippen LogP contribution in [0.4, 0.5) is 10.7 Å². The van der Waals surface area contributed by atoms with Crippen LogP contribution >= 0.6 is 0 Å². The van der Waals surface area contributed by atoms with E-state index >= 15 is 0 Å². The van der Waals surface area contributed by atoms with Crippen molar-refractivity contribution in [1.82, 2.24) is 10.5 Å². The molecule has 1 aromatic rings. The molecule has 0 radical (unpaired) electrons. The zero-order valence-electron chi connectivity index (χ0n) is 7.94. The van der Waals surface area contributed by atoms with Gasteiger partial charge < -0.3 is 14.9 Å². The van der Waals surface area contributed by atoms with Crippen molar-refractivity contribution in [2.45, 2.75) is 19.6 Å². The summed E-state index contributed by atoms with van der Waals surface area (Å²) >= 11 is 0. The number of rotatable bonds is 1. The van der Waals surface area contributed by atoms with Gasteiger partial charge in [0.05, 0.1) is 12.2 Å². The number of carbonyl (C=O) groups is 1. The van der Waals surface area contributed by atoms with Gasteiger partial charge in [0.15, 0.2) is 5.72 Å². The minimum atomic E-state index is -1.26. The van der Waals surface area contributed by atoms with E-state index in [9.17, 15) is 9.90 Å². The standard InChI is InChI=1S/C8H11N3O3/c1-5-3-6(14-10-5)11-7(12)9-4-8(11,2)13/h3,13H,4H2,1-2H3,(H,9,12). The summed E-state index contributed by atoms with van der Waals surface area (Å²) in [5.74, 6) is 0.252. The molecule has 1 aromatic heterocycles. The summed E-state index contributed by atoms with van der Waals surface area (Å²) in [6, 6.07) is 1.21. The molecule has 14 heavy (non-hydrogen) atoms. The molecule has 0 saturated carbocycles. The van der Waals surface area contributed by atoms with Crippen molar-refractivity contribution < 1.29 is 14.4 Å². The molecule has 2 N–H and O–H groups in total. The molecule has 6 heteroatoms. The molecule has 1 aliphatic heterocycles. The molecule has 1 saturated heterocycles. The number of hydrogen-bond donors (Lipinski definition) is 2. The topological polar surface area (TPSA) is 78.6 Å². The Morgan fingerprint density at radius 1 is 1.79 bits per heavy atom. The Labute approximate surface area is 80.5 Å². The molecule has 1 unspecified atom stereocenters. The van der Waals surface area contributed by atoms with Crippen molar-refractivity contribution in [3.8, 4) is 0 Å². The number of carbonyl (C=O) groups excluding carboxylic acids is 1. The maximum absolute atomic E-state index is 11.4. The highest BCUT2D eigenvalue weighted by Gasteiger charge is 2.42. The highest BCUT2D eigenvalue weighted by Crippen LogP contribution is 2.26. The van der Waals surface area contributed by atoms with Gasteiger partial charge in [0, 0.05) is 6.07 Å². The summed E-state index contributed by atoms with van der Waals surface area (Å²) in [5, 5.41) is 16.0. The van der Waals surface area contributed by atoms with Crippen LogP contribution in [0.3, 0.4) is 0 Å². The SMILES string of the molecule is Cc1cc(N2C(=O)NCC2(C)O)on1. The lowest BCUT2D eigenvalue weighted by Crippen LogP contribution is -2.44. The first-order valence-electron chi connectivity index (χ1n) is 4.24. The molecule has 0 aliphatic carbocycles. The van der Waals surface area contributed by atoms with Crippen molar-refractivity contribution in [2.75, 3.05) is 11.4 Å². The van der Waals surface area contributed by atoms with Gasteiger partial charge in [-0.25, -0.2) is 9.69 Å². The van der Waals surface area contributed by atoms with E-state index in [4.69, 9.17) is 4.52 Å². The quantitative estimate of drug-likeness (QED) is 0.675. The Hall–Kier alpha value is -1.56. The Morgan fingerprint density at radius 2 is 2.50 bits per heavy atom. The number of aliphatic hydroxyl groups is 1. The van der Waals surface area contributed by atoms with Gasteiger partial charge in [-0.1, -0.05) is 5.16 Å². The molecule has 1 aliphatic rings. The van der Waals surface area contributed by atoms with Crippen LogP contribution < -0.4 is 10.2 Å². The number of nitrogens with one attached hydrogen (secondary N) is 1. The molecule has 1 fully saturated rings. The monoisotopic (exact) mass is 197 g/mol. The van der Waals surface area contributed by atoms with Crippen molar-refractivity contribution in [1.29, 1.82) is 0 Å². The number of urea groups is 1. The fourth-order valence-electron chi connectivity index (χ4n) is 1.41. The van der Waals surface area contributed by atoms with Crippen LogP contribution in [0.25, 0.3) is 0 Å². The van der Waals surface area contributed by atoms with Gasteiger partial charge in [0.1, 0.15) is 0 Å². The molecular formula is C8H11N3O3. The molecule has 2 rings (SSSR count). The van der Waals surface area contributed by atoms with E-state index in [-0.39, 0.29) is 18.5 Å². The first kappa shape index (κ1) is 9.01. The number of nitrogens with zero attached hydrogens (tertiary/aromatic N) is 2. The van der Waals surface area contributed by atoms with Crippen LogP contribution in [0.2, 0.25) is 0 Å². The largest absolute Gasteiger partial charge is 0.369 e. The number of aromatic nitrogens is 1. The highest BCUT2D eigenvalue weighted by molar-refractivity contribution is 5.94. The predicted octanol–water partition coefficient (Wildman–Crippen LogP) is 0.221. The van der Waals surface area contributed by atoms with E-state index in [2.05, 4.69) is 10.5 Å². The first-order chi connectivity index (χ1) is 6.50. The molecule has 76 valence electrons. The molecule has 0 bridgehead atoms. The van der Waals surface area contributed by atoms with Crippen LogP contribution in [0.5, 0.6) is 0 Å². The molecule has 6 nitrogen and oxygen atoms in total. The van der Waals surface area contributed by atoms with E-state index in [1.807, 2.05) is 0 Å². The third kappa shape index (κ3) is 1.24.